The number of benzene rings is 1. The summed E-state index contributed by atoms with van der Waals surface area (Å²) in [7, 11) is -2.53. The topological polar surface area (TPSA) is 126 Å². The molecule has 0 spiro atoms. The number of aryl methyl sites for hydroxylation is 1. The van der Waals surface area contributed by atoms with Crippen molar-refractivity contribution in [2.45, 2.75) is 17.8 Å². The highest BCUT2D eigenvalue weighted by Crippen LogP contribution is 2.21. The maximum atomic E-state index is 12.4. The standard InChI is InChI=1S/C16H18N2O6S2/c1-10-13(7-15(24-10)26(22,23)17-2)16(21)18-12-5-3-4-11(6-12)8-25-9-14(19)20/h3-7,17H,8-9H2,1-2H3,(H,18,21)(H,19,20). The van der Waals surface area contributed by atoms with Crippen LogP contribution in [0.2, 0.25) is 0 Å². The van der Waals surface area contributed by atoms with E-state index >= 15 is 0 Å². The Hall–Kier alpha value is -2.30. The van der Waals surface area contributed by atoms with Crippen molar-refractivity contribution in [2.75, 3.05) is 18.1 Å². The summed E-state index contributed by atoms with van der Waals surface area (Å²) >= 11 is 1.25. The lowest BCUT2D eigenvalue weighted by Gasteiger charge is -2.06. The van der Waals surface area contributed by atoms with Crippen molar-refractivity contribution in [1.82, 2.24) is 4.72 Å². The average Bonchev–Trinajstić information content (AvgIpc) is 2.97. The maximum Gasteiger partial charge on any atom is 0.313 e. The van der Waals surface area contributed by atoms with Crippen LogP contribution in [0.4, 0.5) is 5.69 Å². The number of sulfonamides is 1. The van der Waals surface area contributed by atoms with Crippen molar-refractivity contribution >= 4 is 39.3 Å². The smallest absolute Gasteiger partial charge is 0.313 e. The maximum absolute atomic E-state index is 12.4. The van der Waals surface area contributed by atoms with Gasteiger partial charge in [0.05, 0.1) is 11.3 Å². The first-order valence-corrected chi connectivity index (χ1v) is 10.1. The summed E-state index contributed by atoms with van der Waals surface area (Å²) in [5.41, 5.74) is 1.49. The van der Waals surface area contributed by atoms with Gasteiger partial charge in [-0.25, -0.2) is 13.1 Å². The third-order valence-corrected chi connectivity index (χ3v) is 5.61. The van der Waals surface area contributed by atoms with E-state index in [1.165, 1.54) is 31.8 Å². The molecule has 1 heterocycles. The van der Waals surface area contributed by atoms with Crippen molar-refractivity contribution in [3.63, 3.8) is 0 Å². The molecule has 10 heteroatoms. The van der Waals surface area contributed by atoms with Gasteiger partial charge in [-0.3, -0.25) is 9.59 Å². The van der Waals surface area contributed by atoms with E-state index in [1.807, 2.05) is 6.07 Å². The number of hydrogen-bond donors (Lipinski definition) is 3. The van der Waals surface area contributed by atoms with E-state index in [-0.39, 0.29) is 22.2 Å². The minimum atomic E-state index is -3.78. The number of carboxylic acids is 1. The number of furan rings is 1. The summed E-state index contributed by atoms with van der Waals surface area (Å²) in [5.74, 6) is -0.718. The van der Waals surface area contributed by atoms with Crippen LogP contribution in [0.3, 0.4) is 0 Å². The van der Waals surface area contributed by atoms with Crippen LogP contribution >= 0.6 is 11.8 Å². The molecule has 0 atom stereocenters. The molecule has 2 aromatic rings. The molecule has 2 rings (SSSR count). The number of amides is 1. The Kier molecular flexibility index (Phi) is 6.46. The molecule has 0 saturated carbocycles. The van der Waals surface area contributed by atoms with E-state index in [4.69, 9.17) is 9.52 Å². The zero-order valence-corrected chi connectivity index (χ0v) is 15.7. The molecule has 26 heavy (non-hydrogen) atoms. The van der Waals surface area contributed by atoms with Crippen LogP contribution in [0.1, 0.15) is 21.7 Å². The molecular weight excluding hydrogens is 380 g/mol. The summed E-state index contributed by atoms with van der Waals surface area (Å²) in [6.07, 6.45) is 0. The summed E-state index contributed by atoms with van der Waals surface area (Å²) < 4.78 is 30.8. The van der Waals surface area contributed by atoms with E-state index < -0.39 is 21.9 Å². The van der Waals surface area contributed by atoms with E-state index in [0.29, 0.717) is 11.4 Å². The molecule has 1 aromatic carbocycles. The van der Waals surface area contributed by atoms with Gasteiger partial charge >= 0.3 is 5.97 Å². The van der Waals surface area contributed by atoms with Gasteiger partial charge in [0.2, 0.25) is 5.09 Å². The lowest BCUT2D eigenvalue weighted by Crippen LogP contribution is -2.18. The molecule has 0 unspecified atom stereocenters. The molecule has 1 aromatic heterocycles. The Morgan fingerprint density at radius 2 is 2.00 bits per heavy atom. The van der Waals surface area contributed by atoms with Gasteiger partial charge in [-0.2, -0.15) is 0 Å². The number of thioether (sulfide) groups is 1. The molecule has 8 nitrogen and oxygen atoms in total. The fourth-order valence-corrected chi connectivity index (χ4v) is 3.51. The SMILES string of the molecule is CNS(=O)(=O)c1cc(C(=O)Nc2cccc(CSCC(=O)O)c2)c(C)o1. The largest absolute Gasteiger partial charge is 0.481 e. The quantitative estimate of drug-likeness (QED) is 0.621. The molecule has 0 fully saturated rings. The molecule has 0 aliphatic heterocycles. The van der Waals surface area contributed by atoms with Crippen LogP contribution in [-0.4, -0.2) is 38.2 Å². The van der Waals surface area contributed by atoms with Crippen molar-refractivity contribution in [2.24, 2.45) is 0 Å². The third kappa shape index (κ3) is 5.10. The second kappa shape index (κ2) is 8.39. The number of carbonyl (C=O) groups excluding carboxylic acids is 1. The Morgan fingerprint density at radius 1 is 1.27 bits per heavy atom. The summed E-state index contributed by atoms with van der Waals surface area (Å²) in [4.78, 5) is 23.0. The minimum Gasteiger partial charge on any atom is -0.481 e. The summed E-state index contributed by atoms with van der Waals surface area (Å²) in [5, 5.41) is 11.0. The van der Waals surface area contributed by atoms with E-state index in [2.05, 4.69) is 10.0 Å². The second-order valence-corrected chi connectivity index (χ2v) is 8.09. The van der Waals surface area contributed by atoms with E-state index in [0.717, 1.165) is 5.56 Å². The van der Waals surface area contributed by atoms with E-state index in [1.54, 1.807) is 18.2 Å². The highest BCUT2D eigenvalue weighted by atomic mass is 32.2. The summed E-state index contributed by atoms with van der Waals surface area (Å²) in [6, 6.07) is 8.15. The first-order chi connectivity index (χ1) is 12.2. The van der Waals surface area contributed by atoms with Gasteiger partial charge in [0.1, 0.15) is 5.76 Å². The molecule has 0 aliphatic carbocycles. The Bertz CT molecular complexity index is 921. The van der Waals surface area contributed by atoms with Crippen molar-refractivity contribution in [3.05, 3.63) is 47.2 Å². The molecule has 140 valence electrons. The van der Waals surface area contributed by atoms with Gasteiger partial charge < -0.3 is 14.8 Å². The van der Waals surface area contributed by atoms with Gasteiger partial charge in [0.15, 0.2) is 0 Å². The predicted octanol–water partition coefficient (Wildman–Crippen LogP) is 2.07. The molecular formula is C16H18N2O6S2. The first kappa shape index (κ1) is 20.0. The van der Waals surface area contributed by atoms with Crippen LogP contribution in [-0.2, 0) is 20.6 Å². The highest BCUT2D eigenvalue weighted by Gasteiger charge is 2.22. The van der Waals surface area contributed by atoms with Crippen LogP contribution < -0.4 is 10.0 Å². The molecule has 3 N–H and O–H groups in total. The average molecular weight is 398 g/mol. The van der Waals surface area contributed by atoms with Crippen LogP contribution in [0, 0.1) is 6.92 Å². The van der Waals surface area contributed by atoms with Gasteiger partial charge in [-0.05, 0) is 31.7 Å². The van der Waals surface area contributed by atoms with Crippen LogP contribution in [0.15, 0.2) is 39.8 Å². The first-order valence-electron chi connectivity index (χ1n) is 7.46. The number of anilines is 1. The monoisotopic (exact) mass is 398 g/mol. The Labute approximate surface area is 155 Å². The highest BCUT2D eigenvalue weighted by molar-refractivity contribution is 7.99. The Morgan fingerprint density at radius 3 is 2.65 bits per heavy atom. The van der Waals surface area contributed by atoms with Crippen molar-refractivity contribution in [3.8, 4) is 0 Å². The predicted molar refractivity (Wildman–Crippen MR) is 97.9 cm³/mol. The fraction of sp³-hybridized carbons (Fsp3) is 0.250. The number of rotatable bonds is 8. The number of carboxylic acid groups (broad SMARTS) is 1. The fourth-order valence-electron chi connectivity index (χ4n) is 2.11. The molecule has 0 aliphatic rings. The number of hydrogen-bond acceptors (Lipinski definition) is 6. The molecule has 1 amide bonds. The molecule has 0 radical (unpaired) electrons. The van der Waals surface area contributed by atoms with Gasteiger partial charge in [-0.15, -0.1) is 11.8 Å². The Balaban J connectivity index is 2.12. The van der Waals surface area contributed by atoms with Crippen LogP contribution in [0.25, 0.3) is 0 Å². The van der Waals surface area contributed by atoms with Gasteiger partial charge in [-0.1, -0.05) is 12.1 Å². The zero-order valence-electron chi connectivity index (χ0n) is 14.1. The number of nitrogens with one attached hydrogen (secondary N) is 2. The third-order valence-electron chi connectivity index (χ3n) is 3.35. The lowest BCUT2D eigenvalue weighted by atomic mass is 10.2. The molecule has 0 saturated heterocycles. The van der Waals surface area contributed by atoms with Gasteiger partial charge in [0, 0.05) is 17.5 Å². The second-order valence-electron chi connectivity index (χ2n) is 5.28. The van der Waals surface area contributed by atoms with E-state index in [9.17, 15) is 18.0 Å². The van der Waals surface area contributed by atoms with Crippen molar-refractivity contribution < 1.29 is 27.5 Å². The minimum absolute atomic E-state index is 0.00643. The number of carbonyl (C=O) groups is 2. The van der Waals surface area contributed by atoms with Crippen molar-refractivity contribution in [1.29, 1.82) is 0 Å². The van der Waals surface area contributed by atoms with Crippen LogP contribution in [0.5, 0.6) is 0 Å². The summed E-state index contributed by atoms with van der Waals surface area (Å²) in [6.45, 7) is 1.50. The lowest BCUT2D eigenvalue weighted by molar-refractivity contribution is -0.133. The van der Waals surface area contributed by atoms with Gasteiger partial charge in [0.25, 0.3) is 15.9 Å². The number of aliphatic carboxylic acids is 1. The molecule has 0 bridgehead atoms. The normalized spacial score (nSPS) is 11.3. The zero-order chi connectivity index (χ0) is 19.3.